The second kappa shape index (κ2) is 4.47. The SMILES string of the molecule is COc1cc(Cl)ccc1-c1ncc(C(=O)O)[nH]1. The van der Waals surface area contributed by atoms with Gasteiger partial charge in [-0.15, -0.1) is 0 Å². The minimum absolute atomic E-state index is 0.0250. The van der Waals surface area contributed by atoms with Crippen molar-refractivity contribution >= 4 is 17.6 Å². The molecule has 1 aromatic carbocycles. The highest BCUT2D eigenvalue weighted by Gasteiger charge is 2.12. The van der Waals surface area contributed by atoms with Crippen molar-refractivity contribution in [3.63, 3.8) is 0 Å². The number of hydrogen-bond acceptors (Lipinski definition) is 3. The van der Waals surface area contributed by atoms with Crippen LogP contribution in [0.4, 0.5) is 0 Å². The molecule has 0 aliphatic heterocycles. The maximum absolute atomic E-state index is 10.7. The molecule has 0 spiro atoms. The number of nitrogens with zero attached hydrogens (tertiary/aromatic N) is 1. The van der Waals surface area contributed by atoms with E-state index in [1.807, 2.05) is 0 Å². The van der Waals surface area contributed by atoms with Gasteiger partial charge in [-0.3, -0.25) is 0 Å². The van der Waals surface area contributed by atoms with Gasteiger partial charge in [-0.25, -0.2) is 9.78 Å². The number of methoxy groups -OCH3 is 1. The summed E-state index contributed by atoms with van der Waals surface area (Å²) in [7, 11) is 1.51. The molecule has 1 heterocycles. The monoisotopic (exact) mass is 252 g/mol. The van der Waals surface area contributed by atoms with E-state index in [-0.39, 0.29) is 5.69 Å². The molecule has 0 radical (unpaired) electrons. The highest BCUT2D eigenvalue weighted by Crippen LogP contribution is 2.30. The van der Waals surface area contributed by atoms with Gasteiger partial charge in [0.2, 0.25) is 0 Å². The molecule has 0 unspecified atom stereocenters. The third-order valence-electron chi connectivity index (χ3n) is 2.22. The van der Waals surface area contributed by atoms with Gasteiger partial charge in [0.1, 0.15) is 17.3 Å². The summed E-state index contributed by atoms with van der Waals surface area (Å²) in [6.07, 6.45) is 1.26. The number of rotatable bonds is 3. The minimum atomic E-state index is -1.06. The molecule has 0 bridgehead atoms. The van der Waals surface area contributed by atoms with Gasteiger partial charge in [-0.2, -0.15) is 0 Å². The molecule has 2 rings (SSSR count). The maximum Gasteiger partial charge on any atom is 0.353 e. The first-order valence-electron chi connectivity index (χ1n) is 4.74. The number of aromatic nitrogens is 2. The van der Waals surface area contributed by atoms with E-state index in [0.717, 1.165) is 0 Å². The average Bonchev–Trinajstić information content (AvgIpc) is 2.78. The summed E-state index contributed by atoms with van der Waals surface area (Å²) in [6, 6.07) is 5.04. The summed E-state index contributed by atoms with van der Waals surface area (Å²) >= 11 is 5.83. The van der Waals surface area contributed by atoms with Gasteiger partial charge < -0.3 is 14.8 Å². The number of halogens is 1. The Morgan fingerprint density at radius 2 is 2.29 bits per heavy atom. The average molecular weight is 253 g/mol. The van der Waals surface area contributed by atoms with E-state index in [1.54, 1.807) is 18.2 Å². The van der Waals surface area contributed by atoms with Gasteiger partial charge in [0.15, 0.2) is 0 Å². The summed E-state index contributed by atoms with van der Waals surface area (Å²) in [5.41, 5.74) is 0.682. The first kappa shape index (κ1) is 11.5. The van der Waals surface area contributed by atoms with Crippen molar-refractivity contribution in [2.45, 2.75) is 0 Å². The molecule has 88 valence electrons. The largest absolute Gasteiger partial charge is 0.496 e. The molecule has 5 nitrogen and oxygen atoms in total. The predicted molar refractivity (Wildman–Crippen MR) is 62.5 cm³/mol. The topological polar surface area (TPSA) is 75.2 Å². The van der Waals surface area contributed by atoms with Crippen LogP contribution in [-0.2, 0) is 0 Å². The van der Waals surface area contributed by atoms with E-state index >= 15 is 0 Å². The number of carbonyl (C=O) groups is 1. The molecule has 0 aliphatic carbocycles. The lowest BCUT2D eigenvalue weighted by molar-refractivity contribution is 0.0691. The van der Waals surface area contributed by atoms with Gasteiger partial charge in [-0.05, 0) is 18.2 Å². The minimum Gasteiger partial charge on any atom is -0.496 e. The van der Waals surface area contributed by atoms with Crippen LogP contribution in [0.3, 0.4) is 0 Å². The van der Waals surface area contributed by atoms with E-state index in [1.165, 1.54) is 13.3 Å². The summed E-state index contributed by atoms with van der Waals surface area (Å²) in [4.78, 5) is 17.4. The Kier molecular flexibility index (Phi) is 3.01. The molecular weight excluding hydrogens is 244 g/mol. The summed E-state index contributed by atoms with van der Waals surface area (Å²) in [5.74, 6) is -0.101. The Balaban J connectivity index is 2.48. The van der Waals surface area contributed by atoms with Crippen LogP contribution < -0.4 is 4.74 Å². The lowest BCUT2D eigenvalue weighted by Crippen LogP contribution is -1.96. The third kappa shape index (κ3) is 2.24. The smallest absolute Gasteiger partial charge is 0.353 e. The van der Waals surface area contributed by atoms with Crippen molar-refractivity contribution in [2.75, 3.05) is 7.11 Å². The molecule has 1 aromatic heterocycles. The zero-order valence-electron chi connectivity index (χ0n) is 8.90. The summed E-state index contributed by atoms with van der Waals surface area (Å²) < 4.78 is 5.16. The molecule has 0 saturated heterocycles. The Morgan fingerprint density at radius 1 is 1.53 bits per heavy atom. The van der Waals surface area contributed by atoms with Gasteiger partial charge >= 0.3 is 5.97 Å². The fraction of sp³-hybridized carbons (Fsp3) is 0.0909. The van der Waals surface area contributed by atoms with Crippen LogP contribution in [0.25, 0.3) is 11.4 Å². The fourth-order valence-electron chi connectivity index (χ4n) is 1.43. The van der Waals surface area contributed by atoms with Crippen LogP contribution >= 0.6 is 11.6 Å². The number of aromatic carboxylic acids is 1. The summed E-state index contributed by atoms with van der Waals surface area (Å²) in [6.45, 7) is 0. The van der Waals surface area contributed by atoms with E-state index in [2.05, 4.69) is 9.97 Å². The maximum atomic E-state index is 10.7. The zero-order valence-corrected chi connectivity index (χ0v) is 9.65. The second-order valence-corrected chi connectivity index (χ2v) is 3.73. The van der Waals surface area contributed by atoms with Gasteiger partial charge in [0.25, 0.3) is 0 Å². The highest BCUT2D eigenvalue weighted by atomic mass is 35.5. The Morgan fingerprint density at radius 3 is 2.88 bits per heavy atom. The third-order valence-corrected chi connectivity index (χ3v) is 2.46. The fourth-order valence-corrected chi connectivity index (χ4v) is 1.59. The van der Waals surface area contributed by atoms with Crippen molar-refractivity contribution in [3.05, 3.63) is 35.1 Å². The number of carboxylic acid groups (broad SMARTS) is 1. The van der Waals surface area contributed by atoms with Crippen LogP contribution in [0.2, 0.25) is 5.02 Å². The standard InChI is InChI=1S/C11H9ClN2O3/c1-17-9-4-6(12)2-3-7(9)10-13-5-8(14-10)11(15)16/h2-5H,1H3,(H,13,14)(H,15,16). The number of nitrogens with one attached hydrogen (secondary N) is 1. The van der Waals surface area contributed by atoms with Crippen LogP contribution in [0.1, 0.15) is 10.5 Å². The number of carboxylic acids is 1. The Labute approximate surface area is 102 Å². The Bertz CT molecular complexity index is 566. The van der Waals surface area contributed by atoms with Crippen molar-refractivity contribution < 1.29 is 14.6 Å². The van der Waals surface area contributed by atoms with Crippen molar-refractivity contribution in [1.29, 1.82) is 0 Å². The molecule has 6 heteroatoms. The molecule has 0 atom stereocenters. The van der Waals surface area contributed by atoms with Crippen LogP contribution in [-0.4, -0.2) is 28.2 Å². The Hall–Kier alpha value is -2.01. The number of H-pyrrole nitrogens is 1. The van der Waals surface area contributed by atoms with Gasteiger partial charge in [-0.1, -0.05) is 11.6 Å². The predicted octanol–water partition coefficient (Wildman–Crippen LogP) is 2.44. The zero-order chi connectivity index (χ0) is 12.4. The molecule has 2 aromatic rings. The number of benzene rings is 1. The number of ether oxygens (including phenoxy) is 1. The molecule has 0 saturated carbocycles. The summed E-state index contributed by atoms with van der Waals surface area (Å²) in [5, 5.41) is 9.33. The first-order valence-corrected chi connectivity index (χ1v) is 5.12. The number of imidazole rings is 1. The van der Waals surface area contributed by atoms with Crippen LogP contribution in [0.15, 0.2) is 24.4 Å². The van der Waals surface area contributed by atoms with E-state index in [9.17, 15) is 4.79 Å². The molecule has 2 N–H and O–H groups in total. The van der Waals surface area contributed by atoms with E-state index in [0.29, 0.717) is 22.2 Å². The van der Waals surface area contributed by atoms with Crippen LogP contribution in [0, 0.1) is 0 Å². The molecule has 0 amide bonds. The van der Waals surface area contributed by atoms with Crippen LogP contribution in [0.5, 0.6) is 5.75 Å². The molecule has 17 heavy (non-hydrogen) atoms. The lowest BCUT2D eigenvalue weighted by atomic mass is 10.2. The van der Waals surface area contributed by atoms with Gasteiger partial charge in [0.05, 0.1) is 18.9 Å². The molecular formula is C11H9ClN2O3. The van der Waals surface area contributed by atoms with E-state index < -0.39 is 5.97 Å². The number of aromatic amines is 1. The normalized spacial score (nSPS) is 10.2. The van der Waals surface area contributed by atoms with Crippen molar-refractivity contribution in [1.82, 2.24) is 9.97 Å². The second-order valence-electron chi connectivity index (χ2n) is 3.30. The lowest BCUT2D eigenvalue weighted by Gasteiger charge is -2.06. The highest BCUT2D eigenvalue weighted by molar-refractivity contribution is 6.30. The molecule has 0 aliphatic rings. The molecule has 0 fully saturated rings. The van der Waals surface area contributed by atoms with E-state index in [4.69, 9.17) is 21.4 Å². The van der Waals surface area contributed by atoms with Gasteiger partial charge in [0, 0.05) is 5.02 Å². The quantitative estimate of drug-likeness (QED) is 0.880. The first-order chi connectivity index (χ1) is 8.11. The number of hydrogen-bond donors (Lipinski definition) is 2. The van der Waals surface area contributed by atoms with Crippen molar-refractivity contribution in [3.8, 4) is 17.1 Å². The van der Waals surface area contributed by atoms with Crippen molar-refractivity contribution in [2.24, 2.45) is 0 Å².